The third-order valence-electron chi connectivity index (χ3n) is 3.39. The van der Waals surface area contributed by atoms with E-state index in [9.17, 15) is 4.79 Å². The van der Waals surface area contributed by atoms with Crippen molar-refractivity contribution in [2.45, 2.75) is 27.0 Å². The van der Waals surface area contributed by atoms with Crippen LogP contribution in [0.2, 0.25) is 0 Å². The van der Waals surface area contributed by atoms with Crippen molar-refractivity contribution in [3.8, 4) is 0 Å². The predicted molar refractivity (Wildman–Crippen MR) is 84.2 cm³/mol. The van der Waals surface area contributed by atoms with E-state index in [-0.39, 0.29) is 5.91 Å². The normalized spacial score (nSPS) is 10.4. The quantitative estimate of drug-likeness (QED) is 0.913. The van der Waals surface area contributed by atoms with Crippen molar-refractivity contribution in [2.75, 3.05) is 7.11 Å². The summed E-state index contributed by atoms with van der Waals surface area (Å²) in [5, 5.41) is 2.97. The Kier molecular flexibility index (Phi) is 5.12. The zero-order valence-electron chi connectivity index (χ0n) is 12.8. The molecule has 0 aliphatic heterocycles. The highest BCUT2D eigenvalue weighted by molar-refractivity contribution is 5.95. The first-order chi connectivity index (χ1) is 10.1. The van der Waals surface area contributed by atoms with Crippen LogP contribution in [0.25, 0.3) is 0 Å². The Morgan fingerprint density at radius 1 is 1.10 bits per heavy atom. The van der Waals surface area contributed by atoms with Gasteiger partial charge in [0.1, 0.15) is 0 Å². The summed E-state index contributed by atoms with van der Waals surface area (Å²) in [5.41, 5.74) is 5.00. The second-order valence-electron chi connectivity index (χ2n) is 5.25. The third-order valence-corrected chi connectivity index (χ3v) is 3.39. The van der Waals surface area contributed by atoms with Gasteiger partial charge in [-0.05, 0) is 36.6 Å². The number of methoxy groups -OCH3 is 1. The number of nitrogens with one attached hydrogen (secondary N) is 1. The summed E-state index contributed by atoms with van der Waals surface area (Å²) in [4.78, 5) is 12.3. The Hall–Kier alpha value is -2.13. The van der Waals surface area contributed by atoms with Crippen molar-refractivity contribution >= 4 is 5.91 Å². The van der Waals surface area contributed by atoms with Gasteiger partial charge in [0.2, 0.25) is 0 Å². The smallest absolute Gasteiger partial charge is 0.251 e. The van der Waals surface area contributed by atoms with Crippen LogP contribution in [-0.2, 0) is 17.9 Å². The second-order valence-corrected chi connectivity index (χ2v) is 5.25. The highest BCUT2D eigenvalue weighted by Gasteiger charge is 2.08. The lowest BCUT2D eigenvalue weighted by molar-refractivity contribution is 0.0950. The average molecular weight is 283 g/mol. The molecule has 0 unspecified atom stereocenters. The van der Waals surface area contributed by atoms with Gasteiger partial charge in [-0.25, -0.2) is 0 Å². The molecule has 0 atom stereocenters. The van der Waals surface area contributed by atoms with E-state index in [0.29, 0.717) is 13.2 Å². The summed E-state index contributed by atoms with van der Waals surface area (Å²) >= 11 is 0. The first-order valence-corrected chi connectivity index (χ1v) is 7.02. The molecule has 1 N–H and O–H groups in total. The molecule has 0 spiro atoms. The van der Waals surface area contributed by atoms with Gasteiger partial charge in [0.25, 0.3) is 5.91 Å². The fourth-order valence-corrected chi connectivity index (χ4v) is 2.25. The topological polar surface area (TPSA) is 38.3 Å². The van der Waals surface area contributed by atoms with E-state index in [1.165, 1.54) is 0 Å². The molecule has 0 saturated heterocycles. The van der Waals surface area contributed by atoms with Gasteiger partial charge in [-0.15, -0.1) is 0 Å². The van der Waals surface area contributed by atoms with Gasteiger partial charge in [0.05, 0.1) is 6.61 Å². The molecule has 0 bridgehead atoms. The summed E-state index contributed by atoms with van der Waals surface area (Å²) in [5.74, 6) is -0.0339. The summed E-state index contributed by atoms with van der Waals surface area (Å²) in [6.07, 6.45) is 0. The van der Waals surface area contributed by atoms with Crippen LogP contribution in [0.1, 0.15) is 32.6 Å². The molecule has 110 valence electrons. The lowest BCUT2D eigenvalue weighted by atomic mass is 10.0. The number of benzene rings is 2. The number of amides is 1. The minimum Gasteiger partial charge on any atom is -0.380 e. The summed E-state index contributed by atoms with van der Waals surface area (Å²) in [6.45, 7) is 5.04. The number of rotatable bonds is 5. The Bertz CT molecular complexity index is 635. The fraction of sp³-hybridized carbons (Fsp3) is 0.278. The van der Waals surface area contributed by atoms with Crippen LogP contribution in [0, 0.1) is 13.8 Å². The molecule has 0 aliphatic carbocycles. The molecule has 2 aromatic rings. The second kappa shape index (κ2) is 7.04. The number of carbonyl (C=O) groups excluding carboxylic acids is 1. The molecule has 3 nitrogen and oxygen atoms in total. The number of ether oxygens (including phenoxy) is 1. The lowest BCUT2D eigenvalue weighted by Gasteiger charge is -2.09. The van der Waals surface area contributed by atoms with E-state index in [2.05, 4.69) is 5.32 Å². The van der Waals surface area contributed by atoms with E-state index in [0.717, 1.165) is 27.8 Å². The maximum Gasteiger partial charge on any atom is 0.251 e. The van der Waals surface area contributed by atoms with Gasteiger partial charge in [-0.2, -0.15) is 0 Å². The highest BCUT2D eigenvalue weighted by atomic mass is 16.5. The minimum atomic E-state index is -0.0339. The van der Waals surface area contributed by atoms with Crippen LogP contribution in [0.15, 0.2) is 42.5 Å². The van der Waals surface area contributed by atoms with E-state index in [1.807, 2.05) is 56.3 Å². The number of hydrogen-bond donors (Lipinski definition) is 1. The van der Waals surface area contributed by atoms with Crippen LogP contribution in [0.3, 0.4) is 0 Å². The van der Waals surface area contributed by atoms with Gasteiger partial charge < -0.3 is 10.1 Å². The molecule has 0 saturated carbocycles. The Morgan fingerprint density at radius 3 is 2.62 bits per heavy atom. The summed E-state index contributed by atoms with van der Waals surface area (Å²) in [6, 6.07) is 14.0. The fourth-order valence-electron chi connectivity index (χ4n) is 2.25. The summed E-state index contributed by atoms with van der Waals surface area (Å²) < 4.78 is 5.12. The van der Waals surface area contributed by atoms with Crippen LogP contribution in [0.5, 0.6) is 0 Å². The van der Waals surface area contributed by atoms with Gasteiger partial charge in [0, 0.05) is 19.2 Å². The molecule has 1 amide bonds. The van der Waals surface area contributed by atoms with Gasteiger partial charge in [0.15, 0.2) is 0 Å². The molecule has 0 aliphatic rings. The number of hydrogen-bond acceptors (Lipinski definition) is 2. The number of carbonyl (C=O) groups is 1. The number of aryl methyl sites for hydroxylation is 2. The van der Waals surface area contributed by atoms with Crippen LogP contribution in [0.4, 0.5) is 0 Å². The van der Waals surface area contributed by atoms with Crippen LogP contribution >= 0.6 is 0 Å². The molecule has 0 fully saturated rings. The monoisotopic (exact) mass is 283 g/mol. The summed E-state index contributed by atoms with van der Waals surface area (Å²) in [7, 11) is 1.68. The molecule has 21 heavy (non-hydrogen) atoms. The Morgan fingerprint density at radius 2 is 1.86 bits per heavy atom. The maximum atomic E-state index is 12.3. The van der Waals surface area contributed by atoms with Crippen molar-refractivity contribution in [3.05, 3.63) is 70.3 Å². The molecular formula is C18H21NO2. The van der Waals surface area contributed by atoms with E-state index < -0.39 is 0 Å². The first kappa shape index (κ1) is 15.3. The van der Waals surface area contributed by atoms with Crippen molar-refractivity contribution in [1.82, 2.24) is 5.32 Å². The molecule has 2 aromatic carbocycles. The minimum absolute atomic E-state index is 0.0339. The van der Waals surface area contributed by atoms with Crippen molar-refractivity contribution < 1.29 is 9.53 Å². The van der Waals surface area contributed by atoms with Crippen molar-refractivity contribution in [3.63, 3.8) is 0 Å². The molecule has 0 heterocycles. The van der Waals surface area contributed by atoms with E-state index in [4.69, 9.17) is 4.74 Å². The van der Waals surface area contributed by atoms with Crippen molar-refractivity contribution in [1.29, 1.82) is 0 Å². The molecule has 3 heteroatoms. The molecule has 0 radical (unpaired) electrons. The van der Waals surface area contributed by atoms with Crippen LogP contribution < -0.4 is 5.32 Å². The molecule has 2 rings (SSSR count). The predicted octanol–water partition coefficient (Wildman–Crippen LogP) is 3.38. The van der Waals surface area contributed by atoms with Crippen LogP contribution in [-0.4, -0.2) is 13.0 Å². The highest BCUT2D eigenvalue weighted by Crippen LogP contribution is 2.11. The molecule has 0 aromatic heterocycles. The maximum absolute atomic E-state index is 12.3. The largest absolute Gasteiger partial charge is 0.380 e. The SMILES string of the molecule is COCc1cccc(CNC(=O)c2cc(C)ccc2C)c1. The first-order valence-electron chi connectivity index (χ1n) is 7.02. The van der Waals surface area contributed by atoms with Gasteiger partial charge in [-0.3, -0.25) is 4.79 Å². The standard InChI is InChI=1S/C18H21NO2/c1-13-7-8-14(2)17(9-13)18(20)19-11-15-5-4-6-16(10-15)12-21-3/h4-10H,11-12H2,1-3H3,(H,19,20). The van der Waals surface area contributed by atoms with Gasteiger partial charge in [-0.1, -0.05) is 42.0 Å². The van der Waals surface area contributed by atoms with Gasteiger partial charge >= 0.3 is 0 Å². The third kappa shape index (κ3) is 4.17. The van der Waals surface area contributed by atoms with Crippen molar-refractivity contribution in [2.24, 2.45) is 0 Å². The average Bonchev–Trinajstić information content (AvgIpc) is 2.48. The lowest BCUT2D eigenvalue weighted by Crippen LogP contribution is -2.23. The zero-order valence-corrected chi connectivity index (χ0v) is 12.8. The zero-order chi connectivity index (χ0) is 15.2. The Balaban J connectivity index is 2.04. The molecular weight excluding hydrogens is 262 g/mol. The Labute approximate surface area is 126 Å². The van der Waals surface area contributed by atoms with E-state index in [1.54, 1.807) is 7.11 Å². The van der Waals surface area contributed by atoms with E-state index >= 15 is 0 Å².